The number of carbonyl (C=O) groups is 1. The van der Waals surface area contributed by atoms with Gasteiger partial charge in [-0.1, -0.05) is 30.0 Å². The molecule has 7 heteroatoms. The number of imidazole rings is 1. The van der Waals surface area contributed by atoms with Crippen LogP contribution in [0, 0.1) is 5.82 Å². The minimum Gasteiger partial charge on any atom is -0.495 e. The average Bonchev–Trinajstić information content (AvgIpc) is 3.09. The zero-order valence-corrected chi connectivity index (χ0v) is 14.3. The van der Waals surface area contributed by atoms with Crippen LogP contribution in [0.25, 0.3) is 5.69 Å². The minimum absolute atomic E-state index is 0.171. The Labute approximate surface area is 148 Å². The van der Waals surface area contributed by atoms with Crippen LogP contribution in [0.1, 0.15) is 0 Å². The van der Waals surface area contributed by atoms with Gasteiger partial charge in [0.15, 0.2) is 5.16 Å². The highest BCUT2D eigenvalue weighted by Gasteiger charge is 2.11. The summed E-state index contributed by atoms with van der Waals surface area (Å²) in [5, 5.41) is 3.42. The highest BCUT2D eigenvalue weighted by Crippen LogP contribution is 2.24. The largest absolute Gasteiger partial charge is 0.495 e. The zero-order valence-electron chi connectivity index (χ0n) is 13.5. The summed E-state index contributed by atoms with van der Waals surface area (Å²) >= 11 is 1.27. The maximum atomic E-state index is 13.4. The van der Waals surface area contributed by atoms with Gasteiger partial charge in [-0.2, -0.15) is 0 Å². The molecular formula is C18H16FN3O2S. The number of amides is 1. The highest BCUT2D eigenvalue weighted by molar-refractivity contribution is 7.99. The van der Waals surface area contributed by atoms with Crippen LogP contribution in [-0.4, -0.2) is 28.3 Å². The summed E-state index contributed by atoms with van der Waals surface area (Å²) in [5.74, 6) is 0.270. The van der Waals surface area contributed by atoms with Crippen molar-refractivity contribution in [3.8, 4) is 11.4 Å². The third kappa shape index (κ3) is 4.19. The smallest absolute Gasteiger partial charge is 0.234 e. The van der Waals surface area contributed by atoms with E-state index in [2.05, 4.69) is 10.3 Å². The number of anilines is 1. The number of thioether (sulfide) groups is 1. The molecule has 0 fully saturated rings. The Morgan fingerprint density at radius 3 is 2.92 bits per heavy atom. The van der Waals surface area contributed by atoms with Crippen molar-refractivity contribution in [2.24, 2.45) is 0 Å². The second-order valence-corrected chi connectivity index (χ2v) is 6.04. The Morgan fingerprint density at radius 1 is 1.28 bits per heavy atom. The summed E-state index contributed by atoms with van der Waals surface area (Å²) in [7, 11) is 1.55. The van der Waals surface area contributed by atoms with Gasteiger partial charge in [0.1, 0.15) is 11.6 Å². The molecular weight excluding hydrogens is 341 g/mol. The van der Waals surface area contributed by atoms with Crippen LogP contribution in [0.2, 0.25) is 0 Å². The van der Waals surface area contributed by atoms with E-state index < -0.39 is 0 Å². The SMILES string of the molecule is COc1ccccc1NC(=O)CSc1nccn1-c1cccc(F)c1. The third-order valence-corrected chi connectivity index (χ3v) is 4.37. The van der Waals surface area contributed by atoms with Crippen molar-refractivity contribution in [1.82, 2.24) is 9.55 Å². The normalized spacial score (nSPS) is 10.5. The maximum absolute atomic E-state index is 13.4. The quantitative estimate of drug-likeness (QED) is 0.683. The predicted octanol–water partition coefficient (Wildman–Crippen LogP) is 3.75. The molecule has 1 N–H and O–H groups in total. The maximum Gasteiger partial charge on any atom is 0.234 e. The fourth-order valence-corrected chi connectivity index (χ4v) is 3.06. The average molecular weight is 357 g/mol. The number of halogens is 1. The number of para-hydroxylation sites is 2. The number of ether oxygens (including phenoxy) is 1. The summed E-state index contributed by atoms with van der Waals surface area (Å²) in [5.41, 5.74) is 1.27. The number of carbonyl (C=O) groups excluding carboxylic acids is 1. The molecule has 3 rings (SSSR count). The molecule has 0 saturated carbocycles. The topological polar surface area (TPSA) is 56.1 Å². The zero-order chi connectivity index (χ0) is 17.6. The van der Waals surface area contributed by atoms with Crippen LogP contribution in [0.15, 0.2) is 66.1 Å². The van der Waals surface area contributed by atoms with Crippen molar-refractivity contribution in [2.75, 3.05) is 18.2 Å². The summed E-state index contributed by atoms with van der Waals surface area (Å²) in [4.78, 5) is 16.4. The van der Waals surface area contributed by atoms with Crippen LogP contribution >= 0.6 is 11.8 Å². The van der Waals surface area contributed by atoms with E-state index in [4.69, 9.17) is 4.74 Å². The highest BCUT2D eigenvalue weighted by atomic mass is 32.2. The first-order chi connectivity index (χ1) is 12.2. The van der Waals surface area contributed by atoms with Gasteiger partial charge in [0, 0.05) is 12.4 Å². The minimum atomic E-state index is -0.323. The van der Waals surface area contributed by atoms with Crippen molar-refractivity contribution in [1.29, 1.82) is 0 Å². The first-order valence-corrected chi connectivity index (χ1v) is 8.51. The van der Waals surface area contributed by atoms with Gasteiger partial charge in [0.05, 0.1) is 24.2 Å². The molecule has 0 saturated heterocycles. The molecule has 0 aliphatic rings. The molecule has 0 radical (unpaired) electrons. The lowest BCUT2D eigenvalue weighted by Gasteiger charge is -2.10. The number of hydrogen-bond acceptors (Lipinski definition) is 4. The van der Waals surface area contributed by atoms with Crippen LogP contribution in [0.4, 0.5) is 10.1 Å². The van der Waals surface area contributed by atoms with Crippen LogP contribution in [0.3, 0.4) is 0 Å². The van der Waals surface area contributed by atoms with Gasteiger partial charge in [-0.25, -0.2) is 9.37 Å². The molecule has 2 aromatic carbocycles. The fraction of sp³-hybridized carbons (Fsp3) is 0.111. The molecule has 25 heavy (non-hydrogen) atoms. The number of nitrogens with zero attached hydrogens (tertiary/aromatic N) is 2. The molecule has 0 bridgehead atoms. The molecule has 1 heterocycles. The predicted molar refractivity (Wildman–Crippen MR) is 95.9 cm³/mol. The molecule has 0 atom stereocenters. The van der Waals surface area contributed by atoms with Crippen molar-refractivity contribution < 1.29 is 13.9 Å². The van der Waals surface area contributed by atoms with E-state index in [9.17, 15) is 9.18 Å². The molecule has 0 aliphatic heterocycles. The van der Waals surface area contributed by atoms with E-state index in [-0.39, 0.29) is 17.5 Å². The molecule has 128 valence electrons. The monoisotopic (exact) mass is 357 g/mol. The second-order valence-electron chi connectivity index (χ2n) is 5.10. The van der Waals surface area contributed by atoms with Gasteiger partial charge < -0.3 is 10.1 Å². The lowest BCUT2D eigenvalue weighted by molar-refractivity contribution is -0.113. The number of hydrogen-bond donors (Lipinski definition) is 1. The second kappa shape index (κ2) is 7.85. The summed E-state index contributed by atoms with van der Waals surface area (Å²) < 4.78 is 20.4. The van der Waals surface area contributed by atoms with Crippen LogP contribution in [-0.2, 0) is 4.79 Å². The molecule has 0 unspecified atom stereocenters. The Hall–Kier alpha value is -2.80. The van der Waals surface area contributed by atoms with Crippen molar-refractivity contribution in [3.63, 3.8) is 0 Å². The van der Waals surface area contributed by atoms with Gasteiger partial charge in [-0.15, -0.1) is 0 Å². The van der Waals surface area contributed by atoms with Crippen molar-refractivity contribution in [3.05, 3.63) is 66.7 Å². The number of benzene rings is 2. The Bertz CT molecular complexity index is 882. The lowest BCUT2D eigenvalue weighted by Crippen LogP contribution is -2.15. The lowest BCUT2D eigenvalue weighted by atomic mass is 10.3. The molecule has 1 aromatic heterocycles. The van der Waals surface area contributed by atoms with Crippen molar-refractivity contribution >= 4 is 23.4 Å². The molecule has 3 aromatic rings. The Balaban J connectivity index is 1.66. The number of rotatable bonds is 6. The van der Waals surface area contributed by atoms with E-state index in [1.807, 2.05) is 12.1 Å². The summed E-state index contributed by atoms with van der Waals surface area (Å²) in [6.07, 6.45) is 3.35. The molecule has 0 spiro atoms. The third-order valence-electron chi connectivity index (χ3n) is 3.41. The number of methoxy groups -OCH3 is 1. The van der Waals surface area contributed by atoms with E-state index in [1.165, 1.54) is 23.9 Å². The fourth-order valence-electron chi connectivity index (χ4n) is 2.28. The first-order valence-electron chi connectivity index (χ1n) is 7.52. The molecule has 1 amide bonds. The van der Waals surface area contributed by atoms with Gasteiger partial charge >= 0.3 is 0 Å². The Kier molecular flexibility index (Phi) is 5.35. The van der Waals surface area contributed by atoms with Crippen molar-refractivity contribution in [2.45, 2.75) is 5.16 Å². The molecule has 0 aliphatic carbocycles. The van der Waals surface area contributed by atoms with E-state index in [1.54, 1.807) is 48.3 Å². The summed E-state index contributed by atoms with van der Waals surface area (Å²) in [6, 6.07) is 13.4. The van der Waals surface area contributed by atoms with Gasteiger partial charge in [-0.3, -0.25) is 9.36 Å². The van der Waals surface area contributed by atoms with E-state index in [0.717, 1.165) is 0 Å². The Morgan fingerprint density at radius 2 is 2.12 bits per heavy atom. The standard InChI is InChI=1S/C18H16FN3O2S/c1-24-16-8-3-2-7-15(16)21-17(23)12-25-18-20-9-10-22(18)14-6-4-5-13(19)11-14/h2-11H,12H2,1H3,(H,21,23). The van der Waals surface area contributed by atoms with Gasteiger partial charge in [0.25, 0.3) is 0 Å². The van der Waals surface area contributed by atoms with Gasteiger partial charge in [-0.05, 0) is 30.3 Å². The van der Waals surface area contributed by atoms with Gasteiger partial charge in [0.2, 0.25) is 5.91 Å². The number of aromatic nitrogens is 2. The molecule has 5 nitrogen and oxygen atoms in total. The first kappa shape index (κ1) is 17.0. The number of nitrogens with one attached hydrogen (secondary N) is 1. The van der Waals surface area contributed by atoms with Crippen LogP contribution in [0.5, 0.6) is 5.75 Å². The van der Waals surface area contributed by atoms with Crippen LogP contribution < -0.4 is 10.1 Å². The van der Waals surface area contributed by atoms with E-state index in [0.29, 0.717) is 22.3 Å². The van der Waals surface area contributed by atoms with E-state index >= 15 is 0 Å². The summed E-state index contributed by atoms with van der Waals surface area (Å²) in [6.45, 7) is 0.